The summed E-state index contributed by atoms with van der Waals surface area (Å²) in [7, 11) is 0. The van der Waals surface area contributed by atoms with E-state index in [0.29, 0.717) is 0 Å². The van der Waals surface area contributed by atoms with E-state index in [9.17, 15) is 29.8 Å². The minimum Gasteiger partial charge on any atom is -0.324 e. The molecule has 124 valence electrons. The molecular weight excluding hydrogens is 344 g/mol. The van der Waals surface area contributed by atoms with Crippen LogP contribution in [0.3, 0.4) is 0 Å². The van der Waals surface area contributed by atoms with Crippen molar-refractivity contribution in [1.29, 1.82) is 0 Å². The van der Waals surface area contributed by atoms with E-state index in [-0.39, 0.29) is 22.1 Å². The van der Waals surface area contributed by atoms with Gasteiger partial charge < -0.3 is 5.32 Å². The van der Waals surface area contributed by atoms with Gasteiger partial charge in [-0.2, -0.15) is 0 Å². The van der Waals surface area contributed by atoms with E-state index in [1.54, 1.807) is 0 Å². The number of anilines is 1. The van der Waals surface area contributed by atoms with Gasteiger partial charge in [0.15, 0.2) is 0 Å². The Morgan fingerprint density at radius 3 is 2.50 bits per heavy atom. The second kappa shape index (κ2) is 6.87. The van der Waals surface area contributed by atoms with Crippen molar-refractivity contribution >= 4 is 34.6 Å². The lowest BCUT2D eigenvalue weighted by Gasteiger charge is -2.07. The van der Waals surface area contributed by atoms with Crippen LogP contribution in [-0.2, 0) is 11.3 Å². The Labute approximate surface area is 138 Å². The molecule has 10 nitrogen and oxygen atoms in total. The third-order valence-electron chi connectivity index (χ3n) is 2.92. The van der Waals surface area contributed by atoms with Gasteiger partial charge in [0.05, 0.1) is 16.0 Å². The second-order valence-corrected chi connectivity index (χ2v) is 4.99. The Morgan fingerprint density at radius 1 is 1.17 bits per heavy atom. The molecule has 0 atom stereocenters. The summed E-state index contributed by atoms with van der Waals surface area (Å²) in [4.78, 5) is 43.6. The molecule has 1 aromatic heterocycles. The molecule has 0 unspecified atom stereocenters. The SMILES string of the molecule is O=C(Cn1cc([N+](=O)[O-])ccc1=O)Nc1ccc(Cl)c([N+](=O)[O-])c1. The Kier molecular flexibility index (Phi) is 4.90. The van der Waals surface area contributed by atoms with Crippen molar-refractivity contribution in [3.05, 3.63) is 72.1 Å². The van der Waals surface area contributed by atoms with E-state index in [2.05, 4.69) is 5.32 Å². The van der Waals surface area contributed by atoms with Crippen molar-refractivity contribution < 1.29 is 14.6 Å². The molecule has 0 aliphatic carbocycles. The molecule has 0 saturated heterocycles. The van der Waals surface area contributed by atoms with Gasteiger partial charge in [-0.15, -0.1) is 0 Å². The summed E-state index contributed by atoms with van der Waals surface area (Å²) in [6.45, 7) is -0.489. The fourth-order valence-corrected chi connectivity index (χ4v) is 2.02. The minimum absolute atomic E-state index is 0.0899. The van der Waals surface area contributed by atoms with Crippen LogP contribution in [0.5, 0.6) is 0 Å². The van der Waals surface area contributed by atoms with Gasteiger partial charge in [0.2, 0.25) is 5.91 Å². The number of halogens is 1. The molecule has 0 aliphatic rings. The van der Waals surface area contributed by atoms with Crippen LogP contribution in [0.25, 0.3) is 0 Å². The molecular formula is C13H9ClN4O6. The molecule has 1 heterocycles. The number of nitro benzene ring substituents is 1. The topological polar surface area (TPSA) is 137 Å². The van der Waals surface area contributed by atoms with Crippen molar-refractivity contribution in [2.75, 3.05) is 5.32 Å². The number of pyridine rings is 1. The molecule has 0 aliphatic heterocycles. The van der Waals surface area contributed by atoms with Crippen LogP contribution < -0.4 is 10.9 Å². The number of carbonyl (C=O) groups is 1. The zero-order valence-corrected chi connectivity index (χ0v) is 12.6. The number of aromatic nitrogens is 1. The monoisotopic (exact) mass is 352 g/mol. The van der Waals surface area contributed by atoms with Crippen molar-refractivity contribution in [2.24, 2.45) is 0 Å². The standard InChI is InChI=1S/C13H9ClN4O6/c14-10-3-1-8(5-11(10)18(23)24)15-12(19)7-16-6-9(17(21)22)2-4-13(16)20/h1-6H,7H2,(H,15,19). The number of nitro groups is 2. The maximum Gasteiger partial charge on any atom is 0.289 e. The normalized spacial score (nSPS) is 10.2. The highest BCUT2D eigenvalue weighted by molar-refractivity contribution is 6.32. The summed E-state index contributed by atoms with van der Waals surface area (Å²) < 4.78 is 0.859. The van der Waals surface area contributed by atoms with E-state index in [1.165, 1.54) is 12.1 Å². The second-order valence-electron chi connectivity index (χ2n) is 4.58. The molecule has 0 fully saturated rings. The van der Waals surface area contributed by atoms with Gasteiger partial charge in [-0.3, -0.25) is 34.4 Å². The average Bonchev–Trinajstić information content (AvgIpc) is 2.50. The van der Waals surface area contributed by atoms with E-state index >= 15 is 0 Å². The third-order valence-corrected chi connectivity index (χ3v) is 3.24. The number of rotatable bonds is 5. The van der Waals surface area contributed by atoms with Gasteiger partial charge in [0, 0.05) is 23.9 Å². The number of nitrogens with zero attached hydrogens (tertiary/aromatic N) is 3. The van der Waals surface area contributed by atoms with E-state index in [4.69, 9.17) is 11.6 Å². The number of hydrogen-bond donors (Lipinski definition) is 1. The molecule has 1 N–H and O–H groups in total. The predicted molar refractivity (Wildman–Crippen MR) is 84.1 cm³/mol. The van der Waals surface area contributed by atoms with Crippen molar-refractivity contribution in [3.63, 3.8) is 0 Å². The highest BCUT2D eigenvalue weighted by Gasteiger charge is 2.15. The highest BCUT2D eigenvalue weighted by atomic mass is 35.5. The Morgan fingerprint density at radius 2 is 1.88 bits per heavy atom. The highest BCUT2D eigenvalue weighted by Crippen LogP contribution is 2.27. The van der Waals surface area contributed by atoms with Crippen LogP contribution in [0.4, 0.5) is 17.1 Å². The molecule has 0 radical (unpaired) electrons. The van der Waals surface area contributed by atoms with E-state index in [0.717, 1.165) is 29.0 Å². The minimum atomic E-state index is -0.705. The molecule has 24 heavy (non-hydrogen) atoms. The molecule has 2 aromatic rings. The van der Waals surface area contributed by atoms with Crippen molar-refractivity contribution in [3.8, 4) is 0 Å². The summed E-state index contributed by atoms with van der Waals surface area (Å²) in [5, 5.41) is 23.8. The van der Waals surface area contributed by atoms with Gasteiger partial charge >= 0.3 is 0 Å². The van der Waals surface area contributed by atoms with E-state index in [1.807, 2.05) is 0 Å². The lowest BCUT2D eigenvalue weighted by atomic mass is 10.2. The first-order valence-electron chi connectivity index (χ1n) is 6.36. The van der Waals surface area contributed by atoms with Crippen molar-refractivity contribution in [2.45, 2.75) is 6.54 Å². The smallest absolute Gasteiger partial charge is 0.289 e. The van der Waals surface area contributed by atoms with Crippen LogP contribution in [0.15, 0.2) is 41.3 Å². The summed E-state index contributed by atoms with van der Waals surface area (Å²) >= 11 is 5.66. The summed E-state index contributed by atoms with van der Waals surface area (Å²) in [5.41, 5.74) is -1.22. The molecule has 0 spiro atoms. The number of nitrogens with one attached hydrogen (secondary N) is 1. The maximum atomic E-state index is 11.9. The van der Waals surface area contributed by atoms with Crippen molar-refractivity contribution in [1.82, 2.24) is 4.57 Å². The first-order valence-corrected chi connectivity index (χ1v) is 6.74. The molecule has 2 rings (SSSR count). The summed E-state index contributed by atoms with van der Waals surface area (Å²) in [6, 6.07) is 5.66. The van der Waals surface area contributed by atoms with Crippen LogP contribution >= 0.6 is 11.6 Å². The Hall–Kier alpha value is -3.27. The zero-order chi connectivity index (χ0) is 17.9. The number of amides is 1. The first-order chi connectivity index (χ1) is 11.3. The van der Waals surface area contributed by atoms with Crippen LogP contribution in [0.2, 0.25) is 5.02 Å². The Balaban J connectivity index is 2.19. The summed E-state index contributed by atoms with van der Waals surface area (Å²) in [6.07, 6.45) is 0.937. The quantitative estimate of drug-likeness (QED) is 0.644. The van der Waals surface area contributed by atoms with Gasteiger partial charge in [-0.1, -0.05) is 11.6 Å². The lowest BCUT2D eigenvalue weighted by Crippen LogP contribution is -2.27. The Bertz CT molecular complexity index is 894. The van der Waals surface area contributed by atoms with Gasteiger partial charge in [-0.25, -0.2) is 0 Å². The molecule has 0 bridgehead atoms. The molecule has 1 amide bonds. The fraction of sp³-hybridized carbons (Fsp3) is 0.0769. The van der Waals surface area contributed by atoms with Crippen LogP contribution in [0.1, 0.15) is 0 Å². The lowest BCUT2D eigenvalue weighted by molar-refractivity contribution is -0.385. The molecule has 11 heteroatoms. The molecule has 1 aromatic carbocycles. The number of carbonyl (C=O) groups excluding carboxylic acids is 1. The van der Waals surface area contributed by atoms with Crippen LogP contribution in [-0.4, -0.2) is 20.3 Å². The van der Waals surface area contributed by atoms with Gasteiger partial charge in [0.25, 0.3) is 16.9 Å². The zero-order valence-electron chi connectivity index (χ0n) is 11.8. The summed E-state index contributed by atoms with van der Waals surface area (Å²) in [5.74, 6) is -0.686. The van der Waals surface area contributed by atoms with Crippen LogP contribution in [0, 0.1) is 20.2 Å². The van der Waals surface area contributed by atoms with Gasteiger partial charge in [-0.05, 0) is 12.1 Å². The first kappa shape index (κ1) is 17.1. The fourth-order valence-electron chi connectivity index (χ4n) is 1.84. The number of benzene rings is 1. The average molecular weight is 353 g/mol. The van der Waals surface area contributed by atoms with Gasteiger partial charge in [0.1, 0.15) is 11.6 Å². The predicted octanol–water partition coefficient (Wildman–Crippen LogP) is 1.96. The largest absolute Gasteiger partial charge is 0.324 e. The number of hydrogen-bond acceptors (Lipinski definition) is 6. The third kappa shape index (κ3) is 3.93. The maximum absolute atomic E-state index is 11.9. The van der Waals surface area contributed by atoms with E-state index < -0.39 is 27.9 Å². The molecule has 0 saturated carbocycles.